The first kappa shape index (κ1) is 22.8. The topological polar surface area (TPSA) is 78.9 Å². The SMILES string of the molecule is CCCC1(C)NC(=O)N(CC(O)COC(c2ccc(F)cc2)c2ccc(F)cc2)C1=O. The third kappa shape index (κ3) is 5.26. The van der Waals surface area contributed by atoms with E-state index in [4.69, 9.17) is 4.74 Å². The molecule has 0 spiro atoms. The molecule has 31 heavy (non-hydrogen) atoms. The molecular weight excluding hydrogens is 406 g/mol. The number of carbonyl (C=O) groups excluding carboxylic acids is 2. The maximum Gasteiger partial charge on any atom is 0.325 e. The van der Waals surface area contributed by atoms with Crippen LogP contribution in [0.4, 0.5) is 13.6 Å². The second kappa shape index (κ2) is 9.53. The Kier molecular flexibility index (Phi) is 7.02. The van der Waals surface area contributed by atoms with Gasteiger partial charge in [0.2, 0.25) is 0 Å². The Balaban J connectivity index is 1.70. The van der Waals surface area contributed by atoms with Gasteiger partial charge in [0.25, 0.3) is 5.91 Å². The molecule has 1 aliphatic heterocycles. The van der Waals surface area contributed by atoms with Crippen molar-refractivity contribution in [2.75, 3.05) is 13.2 Å². The van der Waals surface area contributed by atoms with E-state index in [0.29, 0.717) is 17.5 Å². The van der Waals surface area contributed by atoms with Crippen molar-refractivity contribution >= 4 is 11.9 Å². The number of aliphatic hydroxyl groups is 1. The molecule has 8 heteroatoms. The highest BCUT2D eigenvalue weighted by molar-refractivity contribution is 6.06. The van der Waals surface area contributed by atoms with E-state index in [1.165, 1.54) is 24.3 Å². The Hall–Kier alpha value is -2.84. The first-order valence-electron chi connectivity index (χ1n) is 10.2. The van der Waals surface area contributed by atoms with Crippen molar-refractivity contribution in [2.45, 2.75) is 44.4 Å². The molecular formula is C23H26F2N2O4. The number of halogens is 2. The van der Waals surface area contributed by atoms with Gasteiger partial charge < -0.3 is 15.2 Å². The summed E-state index contributed by atoms with van der Waals surface area (Å²) in [5, 5.41) is 13.1. The number of hydrogen-bond acceptors (Lipinski definition) is 4. The molecule has 3 amide bonds. The van der Waals surface area contributed by atoms with Gasteiger partial charge in [-0.05, 0) is 48.7 Å². The first-order valence-corrected chi connectivity index (χ1v) is 10.2. The molecule has 1 heterocycles. The average molecular weight is 432 g/mol. The van der Waals surface area contributed by atoms with Crippen LogP contribution in [0.15, 0.2) is 48.5 Å². The van der Waals surface area contributed by atoms with Crippen molar-refractivity contribution in [3.8, 4) is 0 Å². The van der Waals surface area contributed by atoms with Gasteiger partial charge in [-0.25, -0.2) is 13.6 Å². The number of β-amino-alcohol motifs (C(OH)–C–C–N with tert-alkyl or cyclic N) is 1. The number of urea groups is 1. The number of carbonyl (C=O) groups is 2. The maximum absolute atomic E-state index is 13.3. The fourth-order valence-electron chi connectivity index (χ4n) is 3.71. The first-order chi connectivity index (χ1) is 14.7. The molecule has 0 aliphatic carbocycles. The van der Waals surface area contributed by atoms with Crippen molar-refractivity contribution in [1.29, 1.82) is 0 Å². The maximum atomic E-state index is 13.3. The van der Waals surface area contributed by atoms with Crippen molar-refractivity contribution in [1.82, 2.24) is 10.2 Å². The zero-order valence-corrected chi connectivity index (χ0v) is 17.5. The van der Waals surface area contributed by atoms with Gasteiger partial charge in [0.15, 0.2) is 0 Å². The van der Waals surface area contributed by atoms with E-state index >= 15 is 0 Å². The number of nitrogens with one attached hydrogen (secondary N) is 1. The Morgan fingerprint density at radius 3 is 2.03 bits per heavy atom. The zero-order valence-electron chi connectivity index (χ0n) is 17.5. The quantitative estimate of drug-likeness (QED) is 0.594. The van der Waals surface area contributed by atoms with Crippen LogP contribution < -0.4 is 5.32 Å². The Bertz CT molecular complexity index is 875. The third-order valence-corrected chi connectivity index (χ3v) is 5.29. The molecule has 3 rings (SSSR count). The number of amides is 3. The molecule has 2 atom stereocenters. The van der Waals surface area contributed by atoms with Crippen molar-refractivity contribution in [3.63, 3.8) is 0 Å². The Labute approximate surface area is 179 Å². The van der Waals surface area contributed by atoms with Crippen LogP contribution in [0.5, 0.6) is 0 Å². The van der Waals surface area contributed by atoms with Crippen LogP contribution in [-0.4, -0.2) is 46.7 Å². The van der Waals surface area contributed by atoms with E-state index in [0.717, 1.165) is 11.3 Å². The minimum absolute atomic E-state index is 0.193. The summed E-state index contributed by atoms with van der Waals surface area (Å²) >= 11 is 0. The van der Waals surface area contributed by atoms with Gasteiger partial charge in [-0.15, -0.1) is 0 Å². The molecule has 1 fully saturated rings. The fraction of sp³-hybridized carbons (Fsp3) is 0.391. The smallest absolute Gasteiger partial charge is 0.325 e. The summed E-state index contributed by atoms with van der Waals surface area (Å²) in [6.45, 7) is 3.17. The standard InChI is InChI=1S/C23H26F2N2O4/c1-3-12-23(2)21(29)27(22(30)26-23)13-19(28)14-31-20(15-4-8-17(24)9-5-15)16-6-10-18(25)11-7-16/h4-11,19-20,28H,3,12-14H2,1-2H3,(H,26,30). The number of ether oxygens (including phenoxy) is 1. The van der Waals surface area contributed by atoms with E-state index in [1.807, 2.05) is 6.92 Å². The number of nitrogens with zero attached hydrogens (tertiary/aromatic N) is 1. The summed E-state index contributed by atoms with van der Waals surface area (Å²) < 4.78 is 32.5. The van der Waals surface area contributed by atoms with Crippen molar-refractivity contribution in [2.24, 2.45) is 0 Å². The van der Waals surface area contributed by atoms with Crippen LogP contribution in [0.1, 0.15) is 43.9 Å². The molecule has 2 aromatic carbocycles. The monoisotopic (exact) mass is 432 g/mol. The van der Waals surface area contributed by atoms with Gasteiger partial charge in [-0.1, -0.05) is 37.6 Å². The number of imide groups is 1. The van der Waals surface area contributed by atoms with Crippen LogP contribution in [0.3, 0.4) is 0 Å². The number of hydrogen-bond donors (Lipinski definition) is 2. The molecule has 0 saturated carbocycles. The number of benzene rings is 2. The Morgan fingerprint density at radius 2 is 1.55 bits per heavy atom. The highest BCUT2D eigenvalue weighted by Crippen LogP contribution is 2.27. The molecule has 166 valence electrons. The molecule has 0 bridgehead atoms. The van der Waals surface area contributed by atoms with E-state index in [-0.39, 0.29) is 19.1 Å². The second-order valence-electron chi connectivity index (χ2n) is 7.90. The summed E-state index contributed by atoms with van der Waals surface area (Å²) in [5.41, 5.74) is 0.258. The van der Waals surface area contributed by atoms with Crippen LogP contribution >= 0.6 is 0 Å². The van der Waals surface area contributed by atoms with Gasteiger partial charge in [-0.2, -0.15) is 0 Å². The fourth-order valence-corrected chi connectivity index (χ4v) is 3.71. The zero-order chi connectivity index (χ0) is 22.6. The molecule has 2 aromatic rings. The molecule has 6 nitrogen and oxygen atoms in total. The van der Waals surface area contributed by atoms with Gasteiger partial charge >= 0.3 is 6.03 Å². The average Bonchev–Trinajstić information content (AvgIpc) is 2.94. The van der Waals surface area contributed by atoms with Gasteiger partial charge in [0.05, 0.1) is 19.3 Å². The van der Waals surface area contributed by atoms with E-state index in [1.54, 1.807) is 31.2 Å². The lowest BCUT2D eigenvalue weighted by Gasteiger charge is -2.24. The van der Waals surface area contributed by atoms with Crippen LogP contribution in [0.2, 0.25) is 0 Å². The highest BCUT2D eigenvalue weighted by atomic mass is 19.1. The van der Waals surface area contributed by atoms with Gasteiger partial charge in [0, 0.05) is 0 Å². The van der Waals surface area contributed by atoms with Crippen LogP contribution in [0.25, 0.3) is 0 Å². The molecule has 2 N–H and O–H groups in total. The molecule has 0 aromatic heterocycles. The van der Waals surface area contributed by atoms with Crippen LogP contribution in [0, 0.1) is 11.6 Å². The molecule has 1 aliphatic rings. The number of aliphatic hydroxyl groups excluding tert-OH is 1. The Morgan fingerprint density at radius 1 is 1.03 bits per heavy atom. The third-order valence-electron chi connectivity index (χ3n) is 5.29. The lowest BCUT2D eigenvalue weighted by Crippen LogP contribution is -2.44. The minimum Gasteiger partial charge on any atom is -0.389 e. The predicted molar refractivity (Wildman–Crippen MR) is 110 cm³/mol. The van der Waals surface area contributed by atoms with Crippen molar-refractivity contribution < 1.29 is 28.2 Å². The second-order valence-corrected chi connectivity index (χ2v) is 7.90. The van der Waals surface area contributed by atoms with E-state index in [2.05, 4.69) is 5.32 Å². The summed E-state index contributed by atoms with van der Waals surface area (Å²) in [6, 6.07) is 10.8. The summed E-state index contributed by atoms with van der Waals surface area (Å²) in [7, 11) is 0. The molecule has 2 unspecified atom stereocenters. The van der Waals surface area contributed by atoms with Gasteiger partial charge in [-0.3, -0.25) is 9.69 Å². The van der Waals surface area contributed by atoms with E-state index < -0.39 is 35.4 Å². The normalized spacial score (nSPS) is 19.7. The summed E-state index contributed by atoms with van der Waals surface area (Å²) in [6.07, 6.45) is -0.608. The van der Waals surface area contributed by atoms with Gasteiger partial charge in [0.1, 0.15) is 23.3 Å². The largest absolute Gasteiger partial charge is 0.389 e. The van der Waals surface area contributed by atoms with Crippen molar-refractivity contribution in [3.05, 3.63) is 71.3 Å². The molecule has 0 radical (unpaired) electrons. The lowest BCUT2D eigenvalue weighted by atomic mass is 9.96. The highest BCUT2D eigenvalue weighted by Gasteiger charge is 2.47. The van der Waals surface area contributed by atoms with Crippen LogP contribution in [-0.2, 0) is 9.53 Å². The predicted octanol–water partition coefficient (Wildman–Crippen LogP) is 3.54. The van der Waals surface area contributed by atoms with E-state index in [9.17, 15) is 23.5 Å². The number of rotatable bonds is 9. The molecule has 1 saturated heterocycles. The summed E-state index contributed by atoms with van der Waals surface area (Å²) in [4.78, 5) is 25.8. The summed E-state index contributed by atoms with van der Waals surface area (Å²) in [5.74, 6) is -1.20. The minimum atomic E-state index is -1.14. The lowest BCUT2D eigenvalue weighted by molar-refractivity contribution is -0.132.